The Hall–Kier alpha value is -0.390. The molecule has 0 aliphatic heterocycles. The van der Waals surface area contributed by atoms with Crippen LogP contribution in [0.4, 0.5) is 5.69 Å². The number of benzene rings is 1. The molecule has 2 rings (SSSR count). The van der Waals surface area contributed by atoms with Crippen molar-refractivity contribution in [2.24, 2.45) is 0 Å². The first kappa shape index (κ1) is 15.0. The van der Waals surface area contributed by atoms with Gasteiger partial charge in [0.05, 0.1) is 22.4 Å². The number of rotatable bonds is 3. The van der Waals surface area contributed by atoms with E-state index >= 15 is 0 Å². The average molecular weight is 404 g/mol. The van der Waals surface area contributed by atoms with Gasteiger partial charge in [-0.05, 0) is 77.3 Å². The number of halogens is 2. The van der Waals surface area contributed by atoms with Crippen LogP contribution in [0.2, 0.25) is 0 Å². The van der Waals surface area contributed by atoms with Crippen LogP contribution in [0.1, 0.15) is 34.1 Å². The predicted molar refractivity (Wildman–Crippen MR) is 90.2 cm³/mol. The molecule has 0 fully saturated rings. The van der Waals surface area contributed by atoms with E-state index in [2.05, 4.69) is 75.1 Å². The minimum absolute atomic E-state index is 0.181. The van der Waals surface area contributed by atoms with E-state index in [1.165, 1.54) is 10.4 Å². The molecular formula is C14H16Br2N2S. The van der Waals surface area contributed by atoms with Crippen LogP contribution < -0.4 is 5.32 Å². The maximum atomic E-state index is 4.61. The number of aryl methyl sites for hydroxylation is 3. The van der Waals surface area contributed by atoms with Gasteiger partial charge >= 0.3 is 0 Å². The zero-order valence-corrected chi connectivity index (χ0v) is 15.3. The summed E-state index contributed by atoms with van der Waals surface area (Å²) in [6.45, 7) is 8.39. The Morgan fingerprint density at radius 2 is 1.74 bits per heavy atom. The third-order valence-electron chi connectivity index (χ3n) is 2.90. The van der Waals surface area contributed by atoms with Crippen molar-refractivity contribution in [3.63, 3.8) is 0 Å². The van der Waals surface area contributed by atoms with Gasteiger partial charge in [-0.25, -0.2) is 4.98 Å². The number of nitrogens with one attached hydrogen (secondary N) is 1. The first-order chi connectivity index (χ1) is 8.88. The highest BCUT2D eigenvalue weighted by Crippen LogP contribution is 2.35. The molecule has 0 aliphatic carbocycles. The van der Waals surface area contributed by atoms with Crippen molar-refractivity contribution in [2.45, 2.75) is 33.7 Å². The fraction of sp³-hybridized carbons (Fsp3) is 0.357. The first-order valence-corrected chi connectivity index (χ1v) is 8.45. The number of hydrogen-bond donors (Lipinski definition) is 1. The molecule has 1 atom stereocenters. The van der Waals surface area contributed by atoms with Gasteiger partial charge in [0, 0.05) is 13.8 Å². The highest BCUT2D eigenvalue weighted by Gasteiger charge is 2.15. The van der Waals surface area contributed by atoms with Gasteiger partial charge in [-0.1, -0.05) is 0 Å². The van der Waals surface area contributed by atoms with E-state index in [1.54, 1.807) is 11.3 Å². The number of aromatic nitrogens is 1. The molecular weight excluding hydrogens is 388 g/mol. The van der Waals surface area contributed by atoms with Crippen LogP contribution in [0, 0.1) is 20.8 Å². The van der Waals surface area contributed by atoms with Crippen molar-refractivity contribution in [1.29, 1.82) is 0 Å². The second kappa shape index (κ2) is 5.94. The van der Waals surface area contributed by atoms with E-state index in [9.17, 15) is 0 Å². The topological polar surface area (TPSA) is 24.9 Å². The third kappa shape index (κ3) is 3.38. The van der Waals surface area contributed by atoms with Crippen LogP contribution >= 0.6 is 43.2 Å². The van der Waals surface area contributed by atoms with Crippen LogP contribution in [0.15, 0.2) is 21.1 Å². The lowest BCUT2D eigenvalue weighted by Crippen LogP contribution is -2.09. The molecule has 1 aromatic heterocycles. The molecule has 5 heteroatoms. The predicted octanol–water partition coefficient (Wildman–Crippen LogP) is 5.77. The Kier molecular flexibility index (Phi) is 4.69. The monoisotopic (exact) mass is 402 g/mol. The summed E-state index contributed by atoms with van der Waals surface area (Å²) in [5.74, 6) is 0. The molecule has 1 N–H and O–H groups in total. The second-order valence-electron chi connectivity index (χ2n) is 4.64. The van der Waals surface area contributed by atoms with Crippen molar-refractivity contribution >= 4 is 48.9 Å². The van der Waals surface area contributed by atoms with Gasteiger partial charge in [-0.2, -0.15) is 0 Å². The van der Waals surface area contributed by atoms with E-state index in [4.69, 9.17) is 0 Å². The Morgan fingerprint density at radius 3 is 2.21 bits per heavy atom. The van der Waals surface area contributed by atoms with Crippen molar-refractivity contribution in [1.82, 2.24) is 4.98 Å². The van der Waals surface area contributed by atoms with Crippen LogP contribution in [0.3, 0.4) is 0 Å². The van der Waals surface area contributed by atoms with Gasteiger partial charge in [-0.3, -0.25) is 0 Å². The van der Waals surface area contributed by atoms with Gasteiger partial charge in [0.15, 0.2) is 0 Å². The van der Waals surface area contributed by atoms with Crippen LogP contribution in [0.5, 0.6) is 0 Å². The zero-order valence-electron chi connectivity index (χ0n) is 11.3. The Labute approximate surface area is 134 Å². The van der Waals surface area contributed by atoms with E-state index in [0.717, 1.165) is 25.3 Å². The molecule has 1 heterocycles. The smallest absolute Gasteiger partial charge is 0.0901 e. The maximum absolute atomic E-state index is 4.61. The molecule has 0 saturated heterocycles. The maximum Gasteiger partial charge on any atom is 0.0901 e. The normalized spacial score (nSPS) is 12.5. The molecule has 0 saturated carbocycles. The molecule has 1 aromatic carbocycles. The number of nitrogens with zero attached hydrogens (tertiary/aromatic N) is 1. The van der Waals surface area contributed by atoms with Crippen LogP contribution in [0.25, 0.3) is 0 Å². The SMILES string of the molecule is Cc1cc(Br)c(NC(C)c2nc(C)sc2C)c(Br)c1. The Balaban J connectivity index is 2.29. The first-order valence-electron chi connectivity index (χ1n) is 6.04. The molecule has 0 spiro atoms. The molecule has 0 amide bonds. The molecule has 0 radical (unpaired) electrons. The summed E-state index contributed by atoms with van der Waals surface area (Å²) in [5, 5.41) is 4.64. The fourth-order valence-corrected chi connectivity index (χ4v) is 4.63. The van der Waals surface area contributed by atoms with E-state index in [1.807, 2.05) is 6.92 Å². The fourth-order valence-electron chi connectivity index (χ4n) is 2.07. The Morgan fingerprint density at radius 1 is 1.16 bits per heavy atom. The summed E-state index contributed by atoms with van der Waals surface area (Å²) in [4.78, 5) is 5.88. The molecule has 102 valence electrons. The van der Waals surface area contributed by atoms with E-state index < -0.39 is 0 Å². The molecule has 1 unspecified atom stereocenters. The van der Waals surface area contributed by atoms with Crippen LogP contribution in [-0.4, -0.2) is 4.98 Å². The molecule has 0 bridgehead atoms. The summed E-state index contributed by atoms with van der Waals surface area (Å²) in [6, 6.07) is 4.40. The number of thiazole rings is 1. The third-order valence-corrected chi connectivity index (χ3v) is 5.05. The van der Waals surface area contributed by atoms with E-state index in [-0.39, 0.29) is 6.04 Å². The standard InChI is InChI=1S/C14H16Br2N2S/c1-7-5-11(15)14(12(16)6-7)17-8(2)13-9(3)19-10(4)18-13/h5-6,8,17H,1-4H3. The number of hydrogen-bond acceptors (Lipinski definition) is 3. The van der Waals surface area contributed by atoms with Gasteiger partial charge in [0.1, 0.15) is 0 Å². The molecule has 2 aromatic rings. The summed E-state index contributed by atoms with van der Waals surface area (Å²) in [5.41, 5.74) is 3.42. The average Bonchev–Trinajstić information content (AvgIpc) is 2.62. The minimum Gasteiger partial charge on any atom is -0.375 e. The van der Waals surface area contributed by atoms with Gasteiger partial charge < -0.3 is 5.32 Å². The lowest BCUT2D eigenvalue weighted by Gasteiger charge is -2.17. The summed E-state index contributed by atoms with van der Waals surface area (Å²) < 4.78 is 2.13. The minimum atomic E-state index is 0.181. The summed E-state index contributed by atoms with van der Waals surface area (Å²) in [6.07, 6.45) is 0. The number of anilines is 1. The van der Waals surface area contributed by atoms with Crippen molar-refractivity contribution in [3.8, 4) is 0 Å². The van der Waals surface area contributed by atoms with Gasteiger partial charge in [-0.15, -0.1) is 11.3 Å². The van der Waals surface area contributed by atoms with E-state index in [0.29, 0.717) is 0 Å². The van der Waals surface area contributed by atoms with Crippen molar-refractivity contribution in [2.75, 3.05) is 5.32 Å². The summed E-state index contributed by atoms with van der Waals surface area (Å²) in [7, 11) is 0. The largest absolute Gasteiger partial charge is 0.375 e. The summed E-state index contributed by atoms with van der Waals surface area (Å²) >= 11 is 8.97. The lowest BCUT2D eigenvalue weighted by atomic mass is 10.2. The second-order valence-corrected chi connectivity index (χ2v) is 7.76. The molecule has 0 aliphatic rings. The zero-order chi connectivity index (χ0) is 14.2. The van der Waals surface area contributed by atoms with Crippen molar-refractivity contribution in [3.05, 3.63) is 42.2 Å². The lowest BCUT2D eigenvalue weighted by molar-refractivity contribution is 0.835. The Bertz CT molecular complexity index is 584. The van der Waals surface area contributed by atoms with Gasteiger partial charge in [0.2, 0.25) is 0 Å². The quantitative estimate of drug-likeness (QED) is 0.703. The van der Waals surface area contributed by atoms with Gasteiger partial charge in [0.25, 0.3) is 0 Å². The van der Waals surface area contributed by atoms with Crippen LogP contribution in [-0.2, 0) is 0 Å². The highest BCUT2D eigenvalue weighted by molar-refractivity contribution is 9.11. The highest BCUT2D eigenvalue weighted by atomic mass is 79.9. The van der Waals surface area contributed by atoms with Crippen molar-refractivity contribution < 1.29 is 0 Å². The molecule has 2 nitrogen and oxygen atoms in total. The molecule has 19 heavy (non-hydrogen) atoms.